The molecule has 18 heavy (non-hydrogen) atoms. The van der Waals surface area contributed by atoms with Crippen molar-refractivity contribution in [2.75, 3.05) is 6.61 Å². The molecule has 6 nitrogen and oxygen atoms in total. The number of benzene rings is 1. The molecule has 0 spiro atoms. The van der Waals surface area contributed by atoms with E-state index in [4.69, 9.17) is 5.11 Å². The highest BCUT2D eigenvalue weighted by Crippen LogP contribution is 2.18. The van der Waals surface area contributed by atoms with E-state index in [0.29, 0.717) is 0 Å². The van der Waals surface area contributed by atoms with E-state index in [1.165, 1.54) is 30.3 Å². The largest absolute Gasteiger partial charge is 0.508 e. The molecule has 1 unspecified atom stereocenters. The zero-order valence-electron chi connectivity index (χ0n) is 9.50. The molecule has 1 aromatic carbocycles. The molecule has 0 aromatic heterocycles. The molecule has 1 aromatic rings. The average molecular weight is 251 g/mol. The number of nitrogens with one attached hydrogen (secondary N) is 1. The number of aliphatic carboxylic acids is 1. The molecule has 0 bridgehead atoms. The van der Waals surface area contributed by atoms with Gasteiger partial charge in [0.05, 0.1) is 0 Å². The molecule has 6 heteroatoms. The van der Waals surface area contributed by atoms with E-state index in [9.17, 15) is 14.7 Å². The SMILES string of the molecule is C=CCOC(=O)NC(C(=O)O)c1cccc(O)c1. The Hall–Kier alpha value is -2.50. The Labute approximate surface area is 104 Å². The van der Waals surface area contributed by atoms with E-state index < -0.39 is 18.1 Å². The number of carbonyl (C=O) groups is 2. The summed E-state index contributed by atoms with van der Waals surface area (Å²) in [7, 11) is 0. The smallest absolute Gasteiger partial charge is 0.408 e. The normalized spacial score (nSPS) is 11.3. The number of rotatable bonds is 5. The fourth-order valence-electron chi connectivity index (χ4n) is 1.29. The van der Waals surface area contributed by atoms with E-state index in [-0.39, 0.29) is 17.9 Å². The van der Waals surface area contributed by atoms with Crippen LogP contribution >= 0.6 is 0 Å². The number of hydrogen-bond acceptors (Lipinski definition) is 4. The quantitative estimate of drug-likeness (QED) is 0.688. The molecule has 96 valence electrons. The third-order valence-corrected chi connectivity index (χ3v) is 2.04. The Kier molecular flexibility index (Phi) is 4.74. The number of hydrogen-bond donors (Lipinski definition) is 3. The van der Waals surface area contributed by atoms with Gasteiger partial charge in [-0.15, -0.1) is 0 Å². The Balaban J connectivity index is 2.80. The maximum atomic E-state index is 11.3. The van der Waals surface area contributed by atoms with Gasteiger partial charge in [-0.3, -0.25) is 0 Å². The summed E-state index contributed by atoms with van der Waals surface area (Å²) in [5.41, 5.74) is 0.248. The molecule has 0 radical (unpaired) electrons. The van der Waals surface area contributed by atoms with Gasteiger partial charge < -0.3 is 20.3 Å². The van der Waals surface area contributed by atoms with Crippen molar-refractivity contribution in [2.24, 2.45) is 0 Å². The van der Waals surface area contributed by atoms with Gasteiger partial charge in [-0.25, -0.2) is 9.59 Å². The first-order chi connectivity index (χ1) is 8.54. The third kappa shape index (κ3) is 3.82. The number of phenols is 1. The topological polar surface area (TPSA) is 95.9 Å². The number of carboxylic acids is 1. The van der Waals surface area contributed by atoms with E-state index >= 15 is 0 Å². The maximum absolute atomic E-state index is 11.3. The Morgan fingerprint density at radius 2 is 2.22 bits per heavy atom. The van der Waals surface area contributed by atoms with Crippen molar-refractivity contribution in [3.05, 3.63) is 42.5 Å². The standard InChI is InChI=1S/C12H13NO5/c1-2-6-18-12(17)13-10(11(15)16)8-4-3-5-9(14)7-8/h2-5,7,10,14H,1,6H2,(H,13,17)(H,15,16). The first-order valence-electron chi connectivity index (χ1n) is 5.10. The van der Waals surface area contributed by atoms with Crippen molar-refractivity contribution < 1.29 is 24.5 Å². The van der Waals surface area contributed by atoms with Crippen molar-refractivity contribution in [1.82, 2.24) is 5.32 Å². The lowest BCUT2D eigenvalue weighted by Crippen LogP contribution is -2.34. The molecule has 1 atom stereocenters. The van der Waals surface area contributed by atoms with Gasteiger partial charge >= 0.3 is 12.1 Å². The second-order valence-corrected chi connectivity index (χ2v) is 3.40. The van der Waals surface area contributed by atoms with Gasteiger partial charge in [0.25, 0.3) is 0 Å². The number of carboxylic acid groups (broad SMARTS) is 1. The van der Waals surface area contributed by atoms with Crippen molar-refractivity contribution in [1.29, 1.82) is 0 Å². The molecule has 0 fully saturated rings. The second kappa shape index (κ2) is 6.29. The van der Waals surface area contributed by atoms with Gasteiger partial charge in [-0.05, 0) is 17.7 Å². The fraction of sp³-hybridized carbons (Fsp3) is 0.167. The Morgan fingerprint density at radius 1 is 1.50 bits per heavy atom. The van der Waals surface area contributed by atoms with Crippen LogP contribution in [0.1, 0.15) is 11.6 Å². The fourth-order valence-corrected chi connectivity index (χ4v) is 1.29. The van der Waals surface area contributed by atoms with Gasteiger partial charge in [0.15, 0.2) is 6.04 Å². The molecule has 1 rings (SSSR count). The minimum absolute atomic E-state index is 0.0157. The van der Waals surface area contributed by atoms with Crippen molar-refractivity contribution in [2.45, 2.75) is 6.04 Å². The number of alkyl carbamates (subject to hydrolysis) is 1. The molecule has 3 N–H and O–H groups in total. The average Bonchev–Trinajstić information content (AvgIpc) is 2.33. The lowest BCUT2D eigenvalue weighted by molar-refractivity contribution is -0.139. The monoisotopic (exact) mass is 251 g/mol. The molecular formula is C12H13NO5. The first kappa shape index (κ1) is 13.6. The van der Waals surface area contributed by atoms with Crippen LogP contribution in [0.2, 0.25) is 0 Å². The van der Waals surface area contributed by atoms with Crippen molar-refractivity contribution in [3.63, 3.8) is 0 Å². The van der Waals surface area contributed by atoms with E-state index in [1.54, 1.807) is 0 Å². The van der Waals surface area contributed by atoms with Crippen LogP contribution in [-0.2, 0) is 9.53 Å². The van der Waals surface area contributed by atoms with Crippen LogP contribution in [0.25, 0.3) is 0 Å². The summed E-state index contributed by atoms with van der Waals surface area (Å²) >= 11 is 0. The Morgan fingerprint density at radius 3 is 2.78 bits per heavy atom. The lowest BCUT2D eigenvalue weighted by Gasteiger charge is -2.14. The molecule has 0 saturated carbocycles. The van der Waals surface area contributed by atoms with Crippen LogP contribution in [0.3, 0.4) is 0 Å². The van der Waals surface area contributed by atoms with Crippen LogP contribution in [0.4, 0.5) is 4.79 Å². The highest BCUT2D eigenvalue weighted by atomic mass is 16.5. The van der Waals surface area contributed by atoms with Crippen LogP contribution < -0.4 is 5.32 Å². The van der Waals surface area contributed by atoms with Crippen LogP contribution in [-0.4, -0.2) is 28.9 Å². The molecule has 0 aliphatic rings. The summed E-state index contributed by atoms with van der Waals surface area (Å²) in [4.78, 5) is 22.3. The van der Waals surface area contributed by atoms with E-state index in [0.717, 1.165) is 0 Å². The summed E-state index contributed by atoms with van der Waals surface area (Å²) in [6, 6.07) is 4.34. The predicted octanol–water partition coefficient (Wildman–Crippen LogP) is 1.43. The third-order valence-electron chi connectivity index (χ3n) is 2.04. The van der Waals surface area contributed by atoms with Gasteiger partial charge in [0.2, 0.25) is 0 Å². The zero-order valence-corrected chi connectivity index (χ0v) is 9.50. The zero-order chi connectivity index (χ0) is 13.5. The summed E-state index contributed by atoms with van der Waals surface area (Å²) in [6.45, 7) is 3.35. The molecule has 0 saturated heterocycles. The van der Waals surface area contributed by atoms with Crippen LogP contribution in [0.5, 0.6) is 5.75 Å². The molecule has 0 heterocycles. The van der Waals surface area contributed by atoms with Crippen molar-refractivity contribution in [3.8, 4) is 5.75 Å². The van der Waals surface area contributed by atoms with Crippen LogP contribution in [0, 0.1) is 0 Å². The van der Waals surface area contributed by atoms with E-state index in [1.807, 2.05) is 0 Å². The number of ether oxygens (including phenoxy) is 1. The first-order valence-corrected chi connectivity index (χ1v) is 5.10. The number of amides is 1. The minimum Gasteiger partial charge on any atom is -0.508 e. The summed E-state index contributed by atoms with van der Waals surface area (Å²) in [5, 5.41) is 20.5. The summed E-state index contributed by atoms with van der Waals surface area (Å²) < 4.78 is 4.63. The minimum atomic E-state index is -1.28. The number of carbonyl (C=O) groups excluding carboxylic acids is 1. The second-order valence-electron chi connectivity index (χ2n) is 3.40. The molecule has 0 aliphatic heterocycles. The molecular weight excluding hydrogens is 238 g/mol. The number of phenolic OH excluding ortho intramolecular Hbond substituents is 1. The summed E-state index contributed by atoms with van der Waals surface area (Å²) in [5.74, 6) is -1.34. The highest BCUT2D eigenvalue weighted by Gasteiger charge is 2.22. The predicted molar refractivity (Wildman–Crippen MR) is 63.2 cm³/mol. The van der Waals surface area contributed by atoms with Gasteiger partial charge in [-0.2, -0.15) is 0 Å². The highest BCUT2D eigenvalue weighted by molar-refractivity contribution is 5.81. The van der Waals surface area contributed by atoms with E-state index in [2.05, 4.69) is 16.6 Å². The summed E-state index contributed by atoms with van der Waals surface area (Å²) in [6.07, 6.45) is 0.495. The Bertz CT molecular complexity index is 458. The lowest BCUT2D eigenvalue weighted by atomic mass is 10.1. The molecule has 1 amide bonds. The van der Waals surface area contributed by atoms with Crippen molar-refractivity contribution >= 4 is 12.1 Å². The van der Waals surface area contributed by atoms with Gasteiger partial charge in [-0.1, -0.05) is 24.8 Å². The van der Waals surface area contributed by atoms with Crippen LogP contribution in [0.15, 0.2) is 36.9 Å². The van der Waals surface area contributed by atoms with Gasteiger partial charge in [0, 0.05) is 0 Å². The molecule has 0 aliphatic carbocycles. The maximum Gasteiger partial charge on any atom is 0.408 e. The number of aromatic hydroxyl groups is 1. The van der Waals surface area contributed by atoms with Gasteiger partial charge in [0.1, 0.15) is 12.4 Å².